The van der Waals surface area contributed by atoms with Crippen LogP contribution in [0.5, 0.6) is 0 Å². The van der Waals surface area contributed by atoms with E-state index < -0.39 is 10.0 Å². The van der Waals surface area contributed by atoms with Crippen LogP contribution in [0.3, 0.4) is 0 Å². The van der Waals surface area contributed by atoms with E-state index >= 15 is 0 Å². The van der Waals surface area contributed by atoms with Crippen molar-refractivity contribution in [2.24, 2.45) is 0 Å². The van der Waals surface area contributed by atoms with Gasteiger partial charge in [0.15, 0.2) is 0 Å². The predicted molar refractivity (Wildman–Crippen MR) is 133 cm³/mol. The Hall–Kier alpha value is -3.31. The van der Waals surface area contributed by atoms with Crippen molar-refractivity contribution in [1.29, 1.82) is 0 Å². The minimum atomic E-state index is -3.47. The van der Waals surface area contributed by atoms with Crippen LogP contribution in [0.2, 0.25) is 0 Å². The third-order valence-corrected chi connectivity index (χ3v) is 6.83. The number of hydrogen-bond acceptors (Lipinski definition) is 9. The van der Waals surface area contributed by atoms with Gasteiger partial charge in [-0.05, 0) is 44.4 Å². The molecule has 34 heavy (non-hydrogen) atoms. The van der Waals surface area contributed by atoms with Gasteiger partial charge in [-0.2, -0.15) is 0 Å². The number of sulfonamides is 1. The first-order valence-electron chi connectivity index (χ1n) is 11.0. The lowest BCUT2D eigenvalue weighted by atomic mass is 9.93. The van der Waals surface area contributed by atoms with Crippen molar-refractivity contribution in [1.82, 2.24) is 19.9 Å². The summed E-state index contributed by atoms with van der Waals surface area (Å²) in [5.74, 6) is 2.59. The van der Waals surface area contributed by atoms with Gasteiger partial charge in [0.2, 0.25) is 10.0 Å². The molecule has 1 aromatic carbocycles. The summed E-state index contributed by atoms with van der Waals surface area (Å²) in [7, 11) is -1.93. The molecule has 0 amide bonds. The van der Waals surface area contributed by atoms with E-state index in [9.17, 15) is 8.42 Å². The zero-order valence-corrected chi connectivity index (χ0v) is 20.6. The smallest absolute Gasteiger partial charge is 0.232 e. The number of aromatic nitrogens is 4. The molecule has 0 aliphatic carbocycles. The minimum absolute atomic E-state index is 0.240. The van der Waals surface area contributed by atoms with Gasteiger partial charge in [-0.25, -0.2) is 28.4 Å². The van der Waals surface area contributed by atoms with Gasteiger partial charge in [-0.15, -0.1) is 0 Å². The highest BCUT2D eigenvalue weighted by Gasteiger charge is 2.21. The van der Waals surface area contributed by atoms with E-state index in [1.54, 1.807) is 13.1 Å². The molecule has 1 fully saturated rings. The molecule has 0 bridgehead atoms. The molecule has 3 aromatic rings. The lowest BCUT2D eigenvalue weighted by Gasteiger charge is -2.26. The third-order valence-electron chi connectivity index (χ3n) is 5.64. The molecule has 1 unspecified atom stereocenters. The van der Waals surface area contributed by atoms with Crippen LogP contribution in [0.25, 0.3) is 0 Å². The molecule has 0 radical (unpaired) electrons. The second-order valence-electron chi connectivity index (χ2n) is 8.40. The van der Waals surface area contributed by atoms with Gasteiger partial charge in [0.25, 0.3) is 0 Å². The van der Waals surface area contributed by atoms with Gasteiger partial charge in [-0.1, -0.05) is 6.07 Å². The van der Waals surface area contributed by atoms with Gasteiger partial charge in [0.1, 0.15) is 29.6 Å². The van der Waals surface area contributed by atoms with Crippen molar-refractivity contribution >= 4 is 38.9 Å². The first-order valence-corrected chi connectivity index (χ1v) is 12.9. The van der Waals surface area contributed by atoms with E-state index in [1.165, 1.54) is 16.9 Å². The Kier molecular flexibility index (Phi) is 6.94. The van der Waals surface area contributed by atoms with E-state index in [4.69, 9.17) is 4.74 Å². The largest absolute Gasteiger partial charge is 0.381 e. The van der Waals surface area contributed by atoms with Crippen LogP contribution in [0.1, 0.15) is 35.8 Å². The average molecular weight is 484 g/mol. The second kappa shape index (κ2) is 9.90. The fourth-order valence-electron chi connectivity index (χ4n) is 3.90. The Bertz CT molecular complexity index is 1260. The van der Waals surface area contributed by atoms with Gasteiger partial charge in [-0.3, -0.25) is 4.31 Å². The molecule has 3 heterocycles. The van der Waals surface area contributed by atoms with E-state index in [1.807, 2.05) is 38.1 Å². The molecule has 2 aromatic heterocycles. The normalized spacial score (nSPS) is 16.2. The molecule has 1 saturated heterocycles. The fourth-order valence-corrected chi connectivity index (χ4v) is 4.40. The van der Waals surface area contributed by atoms with Crippen LogP contribution < -0.4 is 14.9 Å². The zero-order valence-electron chi connectivity index (χ0n) is 19.7. The predicted octanol–water partition coefficient (Wildman–Crippen LogP) is 3.66. The molecule has 180 valence electrons. The summed E-state index contributed by atoms with van der Waals surface area (Å²) in [6, 6.07) is 9.37. The lowest BCUT2D eigenvalue weighted by Crippen LogP contribution is -2.26. The van der Waals surface area contributed by atoms with Gasteiger partial charge >= 0.3 is 0 Å². The summed E-state index contributed by atoms with van der Waals surface area (Å²) in [6.45, 7) is 5.13. The highest BCUT2D eigenvalue weighted by atomic mass is 32.2. The van der Waals surface area contributed by atoms with Gasteiger partial charge in [0.05, 0.1) is 24.2 Å². The van der Waals surface area contributed by atoms with Crippen molar-refractivity contribution in [2.45, 2.75) is 32.6 Å². The maximum absolute atomic E-state index is 12.4. The minimum Gasteiger partial charge on any atom is -0.381 e. The maximum atomic E-state index is 12.4. The van der Waals surface area contributed by atoms with Crippen molar-refractivity contribution in [3.05, 3.63) is 53.7 Å². The number of rotatable bonds is 7. The molecule has 4 rings (SSSR count). The molecule has 1 atom stereocenters. The molecular formula is C23H29N7O3S. The van der Waals surface area contributed by atoms with Crippen LogP contribution in [0, 0.1) is 13.8 Å². The van der Waals surface area contributed by atoms with E-state index in [2.05, 4.69) is 30.6 Å². The second-order valence-corrected chi connectivity index (χ2v) is 10.4. The number of aryl methyl sites for hydroxylation is 2. The fraction of sp³-hybridized carbons (Fsp3) is 0.391. The van der Waals surface area contributed by atoms with Gasteiger partial charge < -0.3 is 15.4 Å². The molecular weight excluding hydrogens is 454 g/mol. The standard InChI is InChI=1S/C23H29N7O3S/c1-15-10-23(27-16(2)26-15)29-22-12-21(24-14-25-22)28-19-8-7-17(18-6-5-9-33-13-18)11-20(19)30(3)34(4,31)32/h7-8,10-12,14,18H,5-6,9,13H2,1-4H3,(H2,24,25,26,27,28,29). The molecule has 1 aliphatic rings. The Balaban J connectivity index is 1.63. The third kappa shape index (κ3) is 5.78. The Labute approximate surface area is 199 Å². The summed E-state index contributed by atoms with van der Waals surface area (Å²) in [5.41, 5.74) is 3.06. The van der Waals surface area contributed by atoms with Crippen LogP contribution >= 0.6 is 0 Å². The topological polar surface area (TPSA) is 122 Å². The summed E-state index contributed by atoms with van der Waals surface area (Å²) in [6.07, 6.45) is 4.62. The summed E-state index contributed by atoms with van der Waals surface area (Å²) < 4.78 is 31.6. The first-order chi connectivity index (χ1) is 16.2. The molecule has 1 aliphatic heterocycles. The monoisotopic (exact) mass is 483 g/mol. The number of nitrogens with one attached hydrogen (secondary N) is 2. The van der Waals surface area contributed by atoms with E-state index in [0.29, 0.717) is 41.3 Å². The van der Waals surface area contributed by atoms with Crippen LogP contribution in [0.4, 0.5) is 28.8 Å². The molecule has 10 nitrogen and oxygen atoms in total. The van der Waals surface area contributed by atoms with E-state index in [-0.39, 0.29) is 5.92 Å². The molecule has 0 saturated carbocycles. The summed E-state index contributed by atoms with van der Waals surface area (Å²) >= 11 is 0. The van der Waals surface area contributed by atoms with Crippen molar-refractivity contribution in [2.75, 3.05) is 41.5 Å². The van der Waals surface area contributed by atoms with Crippen LogP contribution in [-0.4, -0.2) is 54.9 Å². The number of anilines is 5. The molecule has 0 spiro atoms. The molecule has 11 heteroatoms. The van der Waals surface area contributed by atoms with Crippen LogP contribution in [0.15, 0.2) is 36.7 Å². The first kappa shape index (κ1) is 23.8. The summed E-state index contributed by atoms with van der Waals surface area (Å²) in [4.78, 5) is 17.2. The highest BCUT2D eigenvalue weighted by Crippen LogP contribution is 2.35. The SMILES string of the molecule is Cc1cc(Nc2cc(Nc3ccc(C4CCCOC4)cc3N(C)S(C)(=O)=O)ncn2)nc(C)n1. The number of nitrogens with zero attached hydrogens (tertiary/aromatic N) is 5. The van der Waals surface area contributed by atoms with Crippen molar-refractivity contribution in [3.63, 3.8) is 0 Å². The number of ether oxygens (including phenoxy) is 1. The molecule has 2 N–H and O–H groups in total. The lowest BCUT2D eigenvalue weighted by molar-refractivity contribution is 0.0804. The number of hydrogen-bond donors (Lipinski definition) is 2. The van der Waals surface area contributed by atoms with Crippen molar-refractivity contribution < 1.29 is 13.2 Å². The van der Waals surface area contributed by atoms with Crippen molar-refractivity contribution in [3.8, 4) is 0 Å². The Morgan fingerprint density at radius 3 is 2.47 bits per heavy atom. The Morgan fingerprint density at radius 1 is 1.03 bits per heavy atom. The number of benzene rings is 1. The average Bonchev–Trinajstić information content (AvgIpc) is 2.78. The highest BCUT2D eigenvalue weighted by molar-refractivity contribution is 7.92. The van der Waals surface area contributed by atoms with Gasteiger partial charge in [0, 0.05) is 37.4 Å². The summed E-state index contributed by atoms with van der Waals surface area (Å²) in [5, 5.41) is 6.41. The van der Waals surface area contributed by atoms with Crippen LogP contribution in [-0.2, 0) is 14.8 Å². The van der Waals surface area contributed by atoms with E-state index in [0.717, 1.165) is 30.7 Å². The quantitative estimate of drug-likeness (QED) is 0.518. The Morgan fingerprint density at radius 2 is 1.79 bits per heavy atom. The zero-order chi connectivity index (χ0) is 24.3. The maximum Gasteiger partial charge on any atom is 0.232 e.